The van der Waals surface area contributed by atoms with Crippen molar-refractivity contribution in [1.29, 1.82) is 0 Å². The van der Waals surface area contributed by atoms with E-state index in [9.17, 15) is 19.2 Å². The minimum atomic E-state index is -0.764. The van der Waals surface area contributed by atoms with Crippen LogP contribution < -0.4 is 10.1 Å². The minimum absolute atomic E-state index is 0.0397. The van der Waals surface area contributed by atoms with Gasteiger partial charge in [0.25, 0.3) is 0 Å². The number of esters is 1. The smallest absolute Gasteiger partial charge is 0.412 e. The van der Waals surface area contributed by atoms with E-state index < -0.39 is 17.8 Å². The Morgan fingerprint density at radius 3 is 2.58 bits per heavy atom. The Morgan fingerprint density at radius 1 is 1.19 bits per heavy atom. The third-order valence-corrected chi connectivity index (χ3v) is 4.92. The van der Waals surface area contributed by atoms with E-state index in [-0.39, 0.29) is 40.6 Å². The number of fused-ring (bicyclic) bond motifs is 1. The van der Waals surface area contributed by atoms with Crippen molar-refractivity contribution < 1.29 is 28.7 Å². The molecule has 2 N–H and O–H groups in total. The molecule has 1 amide bonds. The van der Waals surface area contributed by atoms with Gasteiger partial charge in [0.05, 0.1) is 29.7 Å². The van der Waals surface area contributed by atoms with Gasteiger partial charge < -0.3 is 14.8 Å². The zero-order valence-corrected chi connectivity index (χ0v) is 18.2. The number of nitrogens with zero attached hydrogens (tertiary/aromatic N) is 1. The molecule has 0 spiro atoms. The number of hydrogen-bond donors (Lipinski definition) is 2. The SMILES string of the molecule is CC.COC(=O)c1n[nH]c2c1C(=O)C(SCCNC(=O)Oc1ccccc1)=CC(=O)C2. The first-order valence-electron chi connectivity index (χ1n) is 9.58. The van der Waals surface area contributed by atoms with Crippen LogP contribution in [0.2, 0.25) is 0 Å². The topological polar surface area (TPSA) is 127 Å². The first-order chi connectivity index (χ1) is 15.0. The number of aromatic amines is 1. The van der Waals surface area contributed by atoms with Gasteiger partial charge >= 0.3 is 12.1 Å². The summed E-state index contributed by atoms with van der Waals surface area (Å²) in [7, 11) is 1.18. The molecular formula is C21H23N3O6S. The fourth-order valence-electron chi connectivity index (χ4n) is 2.61. The number of ether oxygens (including phenoxy) is 2. The van der Waals surface area contributed by atoms with Crippen LogP contribution in [0.15, 0.2) is 41.3 Å². The quantitative estimate of drug-likeness (QED) is 0.513. The molecule has 0 bridgehead atoms. The molecule has 3 rings (SSSR count). The van der Waals surface area contributed by atoms with Gasteiger partial charge in [-0.1, -0.05) is 32.0 Å². The molecular weight excluding hydrogens is 422 g/mol. The van der Waals surface area contributed by atoms with Crippen molar-refractivity contribution in [2.75, 3.05) is 19.4 Å². The lowest BCUT2D eigenvalue weighted by Gasteiger charge is -2.08. The summed E-state index contributed by atoms with van der Waals surface area (Å²) in [6.45, 7) is 4.21. The summed E-state index contributed by atoms with van der Waals surface area (Å²) in [5.41, 5.74) is 0.160. The number of allylic oxidation sites excluding steroid dienone is 2. The third-order valence-electron chi connectivity index (χ3n) is 3.90. The summed E-state index contributed by atoms with van der Waals surface area (Å²) in [6, 6.07) is 8.59. The third kappa shape index (κ3) is 6.29. The van der Waals surface area contributed by atoms with Gasteiger partial charge in [-0.15, -0.1) is 11.8 Å². The molecule has 0 saturated heterocycles. The molecule has 1 heterocycles. The first-order valence-corrected chi connectivity index (χ1v) is 10.6. The number of amides is 1. The van der Waals surface area contributed by atoms with Crippen molar-refractivity contribution in [3.63, 3.8) is 0 Å². The van der Waals surface area contributed by atoms with Crippen LogP contribution in [0.5, 0.6) is 5.75 Å². The van der Waals surface area contributed by atoms with Gasteiger partial charge in [0.1, 0.15) is 5.75 Å². The van der Waals surface area contributed by atoms with Crippen LogP contribution in [0.25, 0.3) is 0 Å². The fraction of sp³-hybridized carbons (Fsp3) is 0.286. The van der Waals surface area contributed by atoms with Gasteiger partial charge in [-0.2, -0.15) is 5.10 Å². The summed E-state index contributed by atoms with van der Waals surface area (Å²) < 4.78 is 9.74. The Balaban J connectivity index is 0.00000166. The molecule has 0 unspecified atom stereocenters. The predicted octanol–water partition coefficient (Wildman–Crippen LogP) is 2.94. The molecule has 1 aromatic carbocycles. The molecule has 1 aromatic heterocycles. The van der Waals surface area contributed by atoms with E-state index in [2.05, 4.69) is 20.3 Å². The molecule has 0 atom stereocenters. The number of carbonyl (C=O) groups is 4. The number of benzene rings is 1. The Bertz CT molecular complexity index is 984. The zero-order chi connectivity index (χ0) is 22.8. The summed E-state index contributed by atoms with van der Waals surface area (Å²) in [4.78, 5) is 48.7. The van der Waals surface area contributed by atoms with Crippen molar-refractivity contribution in [1.82, 2.24) is 15.5 Å². The van der Waals surface area contributed by atoms with Gasteiger partial charge in [0.15, 0.2) is 11.5 Å². The van der Waals surface area contributed by atoms with Gasteiger partial charge in [-0.25, -0.2) is 9.59 Å². The lowest BCUT2D eigenvalue weighted by atomic mass is 10.1. The maximum atomic E-state index is 12.8. The van der Waals surface area contributed by atoms with Crippen LogP contribution in [0.1, 0.15) is 40.4 Å². The molecule has 2 aromatic rings. The normalized spacial score (nSPS) is 12.5. The zero-order valence-electron chi connectivity index (χ0n) is 17.4. The molecule has 1 aliphatic rings. The number of hydrogen-bond acceptors (Lipinski definition) is 8. The fourth-order valence-corrected chi connectivity index (χ4v) is 3.48. The molecule has 31 heavy (non-hydrogen) atoms. The summed E-state index contributed by atoms with van der Waals surface area (Å²) in [5, 5.41) is 8.93. The van der Waals surface area contributed by atoms with Gasteiger partial charge in [-0.05, 0) is 18.2 Å². The summed E-state index contributed by atoms with van der Waals surface area (Å²) in [6.07, 6.45) is 0.542. The van der Waals surface area contributed by atoms with E-state index in [0.717, 1.165) is 11.8 Å². The molecule has 9 nitrogen and oxygen atoms in total. The Kier molecular flexibility index (Phi) is 9.01. The molecule has 0 aliphatic heterocycles. The highest BCUT2D eigenvalue weighted by atomic mass is 32.2. The second-order valence-corrected chi connectivity index (χ2v) is 7.01. The number of methoxy groups -OCH3 is 1. The van der Waals surface area contributed by atoms with Crippen LogP contribution in [0.3, 0.4) is 0 Å². The average Bonchev–Trinajstić information content (AvgIpc) is 3.15. The molecule has 10 heteroatoms. The second-order valence-electron chi connectivity index (χ2n) is 5.88. The van der Waals surface area contributed by atoms with Crippen LogP contribution in [-0.4, -0.2) is 53.2 Å². The molecule has 0 radical (unpaired) electrons. The largest absolute Gasteiger partial charge is 0.464 e. The maximum Gasteiger partial charge on any atom is 0.412 e. The monoisotopic (exact) mass is 445 g/mol. The number of nitrogens with one attached hydrogen (secondary N) is 2. The number of Topliss-reactive ketones (excluding diaryl/α,β-unsaturated/α-hetero) is 1. The first kappa shape index (κ1) is 23.9. The maximum absolute atomic E-state index is 12.8. The Labute approximate surface area is 183 Å². The van der Waals surface area contributed by atoms with Crippen molar-refractivity contribution in [2.45, 2.75) is 20.3 Å². The number of rotatable bonds is 6. The Hall–Kier alpha value is -3.40. The van der Waals surface area contributed by atoms with Crippen molar-refractivity contribution in [2.24, 2.45) is 0 Å². The van der Waals surface area contributed by atoms with E-state index >= 15 is 0 Å². The van der Waals surface area contributed by atoms with Crippen molar-refractivity contribution in [3.8, 4) is 5.75 Å². The Morgan fingerprint density at radius 2 is 1.90 bits per heavy atom. The second kappa shape index (κ2) is 11.7. The molecule has 164 valence electrons. The number of para-hydroxylation sites is 1. The predicted molar refractivity (Wildman–Crippen MR) is 115 cm³/mol. The van der Waals surface area contributed by atoms with Crippen LogP contribution in [-0.2, 0) is 16.0 Å². The van der Waals surface area contributed by atoms with E-state index in [1.165, 1.54) is 13.2 Å². The molecule has 1 aliphatic carbocycles. The summed E-state index contributed by atoms with van der Waals surface area (Å²) in [5.74, 6) is -0.823. The van der Waals surface area contributed by atoms with E-state index in [4.69, 9.17) is 4.74 Å². The van der Waals surface area contributed by atoms with Crippen molar-refractivity contribution in [3.05, 3.63) is 58.3 Å². The highest BCUT2D eigenvalue weighted by Gasteiger charge is 2.31. The van der Waals surface area contributed by atoms with Gasteiger partial charge in [0.2, 0.25) is 5.78 Å². The summed E-state index contributed by atoms with van der Waals surface area (Å²) >= 11 is 1.09. The van der Waals surface area contributed by atoms with Crippen LogP contribution in [0, 0.1) is 0 Å². The van der Waals surface area contributed by atoms with Crippen LogP contribution in [0.4, 0.5) is 4.79 Å². The number of aromatic nitrogens is 2. The lowest BCUT2D eigenvalue weighted by molar-refractivity contribution is -0.114. The van der Waals surface area contributed by atoms with E-state index in [0.29, 0.717) is 11.5 Å². The highest BCUT2D eigenvalue weighted by Crippen LogP contribution is 2.27. The number of thioether (sulfide) groups is 1. The van der Waals surface area contributed by atoms with Crippen LogP contribution >= 0.6 is 11.8 Å². The molecule has 0 saturated carbocycles. The lowest BCUT2D eigenvalue weighted by Crippen LogP contribution is -2.28. The van der Waals surface area contributed by atoms with E-state index in [1.807, 2.05) is 13.8 Å². The van der Waals surface area contributed by atoms with Gasteiger partial charge in [0, 0.05) is 12.3 Å². The highest BCUT2D eigenvalue weighted by molar-refractivity contribution is 8.04. The standard InChI is InChI=1S/C19H17N3O6S.C2H6/c1-27-18(25)16-15-13(21-22-16)9-11(23)10-14(17(15)24)29-8-7-20-19(26)28-12-5-3-2-4-6-12;1-2/h2-6,10H,7-9H2,1H3,(H,20,26)(H,21,22);1-2H3. The van der Waals surface area contributed by atoms with E-state index in [1.54, 1.807) is 30.3 Å². The molecule has 0 fully saturated rings. The number of carbonyl (C=O) groups excluding carboxylic acids is 4. The van der Waals surface area contributed by atoms with Gasteiger partial charge in [-0.3, -0.25) is 14.7 Å². The average molecular weight is 445 g/mol. The minimum Gasteiger partial charge on any atom is -0.464 e. The van der Waals surface area contributed by atoms with Crippen molar-refractivity contribution >= 4 is 35.4 Å². The number of H-pyrrole nitrogens is 1. The number of ketones is 2.